The van der Waals surface area contributed by atoms with E-state index in [1.807, 2.05) is 0 Å². The van der Waals surface area contributed by atoms with E-state index in [2.05, 4.69) is 36.5 Å². The van der Waals surface area contributed by atoms with Crippen molar-refractivity contribution in [3.05, 3.63) is 35.4 Å². The Balaban J connectivity index is 1.70. The van der Waals surface area contributed by atoms with Crippen molar-refractivity contribution in [2.75, 3.05) is 6.54 Å². The molecule has 2 N–H and O–H groups in total. The third-order valence-corrected chi connectivity index (χ3v) is 4.01. The van der Waals surface area contributed by atoms with Gasteiger partial charge in [0.25, 0.3) is 0 Å². The molecule has 1 aromatic rings. The zero-order valence-corrected chi connectivity index (χ0v) is 12.3. The van der Waals surface area contributed by atoms with Gasteiger partial charge in [0.1, 0.15) is 0 Å². The maximum absolute atomic E-state index is 11.8. The predicted molar refractivity (Wildman–Crippen MR) is 80.5 cm³/mol. The quantitative estimate of drug-likeness (QED) is 0.803. The molecule has 0 saturated heterocycles. The third-order valence-electron chi connectivity index (χ3n) is 4.01. The Morgan fingerprint density at radius 2 is 1.90 bits per heavy atom. The maximum atomic E-state index is 11.8. The largest absolute Gasteiger partial charge is 0.393 e. The van der Waals surface area contributed by atoms with Gasteiger partial charge in [0.05, 0.1) is 12.5 Å². The van der Waals surface area contributed by atoms with Gasteiger partial charge in [-0.05, 0) is 42.7 Å². The van der Waals surface area contributed by atoms with Gasteiger partial charge in [-0.15, -0.1) is 0 Å². The highest BCUT2D eigenvalue weighted by Crippen LogP contribution is 2.26. The summed E-state index contributed by atoms with van der Waals surface area (Å²) in [6.45, 7) is 2.89. The van der Waals surface area contributed by atoms with E-state index in [-0.39, 0.29) is 12.0 Å². The molecule has 0 bridgehead atoms. The van der Waals surface area contributed by atoms with Crippen LogP contribution in [0.1, 0.15) is 43.7 Å². The first-order valence-electron chi connectivity index (χ1n) is 7.70. The molecule has 0 spiro atoms. The summed E-state index contributed by atoms with van der Waals surface area (Å²) in [5.41, 5.74) is 2.41. The van der Waals surface area contributed by atoms with Crippen molar-refractivity contribution in [3.8, 4) is 0 Å². The van der Waals surface area contributed by atoms with Crippen LogP contribution < -0.4 is 5.32 Å². The molecular formula is C17H25NO2. The molecule has 1 fully saturated rings. The van der Waals surface area contributed by atoms with E-state index in [9.17, 15) is 9.90 Å². The second-order valence-corrected chi connectivity index (χ2v) is 5.89. The monoisotopic (exact) mass is 275 g/mol. The number of aryl methyl sites for hydroxylation is 1. The highest BCUT2D eigenvalue weighted by Gasteiger charge is 2.26. The SMILES string of the molecule is CCCCc1ccc(CC(=O)NCC2CC(O)C2)cc1. The first kappa shape index (κ1) is 15.0. The number of rotatable bonds is 7. The van der Waals surface area contributed by atoms with Crippen molar-refractivity contribution >= 4 is 5.91 Å². The summed E-state index contributed by atoms with van der Waals surface area (Å²) in [5, 5.41) is 12.1. The minimum atomic E-state index is -0.146. The molecule has 3 heteroatoms. The Kier molecular flexibility index (Phi) is 5.60. The van der Waals surface area contributed by atoms with Gasteiger partial charge in [-0.2, -0.15) is 0 Å². The number of carbonyl (C=O) groups excluding carboxylic acids is 1. The number of aliphatic hydroxyl groups excluding tert-OH is 1. The van der Waals surface area contributed by atoms with Crippen molar-refractivity contribution in [1.82, 2.24) is 5.32 Å². The van der Waals surface area contributed by atoms with Crippen LogP contribution in [0.25, 0.3) is 0 Å². The lowest BCUT2D eigenvalue weighted by atomic mass is 9.82. The van der Waals surface area contributed by atoms with Crippen LogP contribution in [0.3, 0.4) is 0 Å². The van der Waals surface area contributed by atoms with E-state index in [4.69, 9.17) is 0 Å². The summed E-state index contributed by atoms with van der Waals surface area (Å²) in [4.78, 5) is 11.8. The summed E-state index contributed by atoms with van der Waals surface area (Å²) in [7, 11) is 0. The van der Waals surface area contributed by atoms with Gasteiger partial charge < -0.3 is 10.4 Å². The second kappa shape index (κ2) is 7.44. The first-order valence-corrected chi connectivity index (χ1v) is 7.70. The molecule has 0 heterocycles. The molecule has 1 aliphatic carbocycles. The molecule has 110 valence electrons. The molecule has 0 atom stereocenters. The Bertz CT molecular complexity index is 421. The fourth-order valence-electron chi connectivity index (χ4n) is 2.58. The second-order valence-electron chi connectivity index (χ2n) is 5.89. The van der Waals surface area contributed by atoms with Crippen LogP contribution >= 0.6 is 0 Å². The molecule has 2 rings (SSSR count). The summed E-state index contributed by atoms with van der Waals surface area (Å²) >= 11 is 0. The smallest absolute Gasteiger partial charge is 0.224 e. The van der Waals surface area contributed by atoms with Crippen molar-refractivity contribution in [2.24, 2.45) is 5.92 Å². The molecule has 20 heavy (non-hydrogen) atoms. The zero-order chi connectivity index (χ0) is 14.4. The molecule has 1 amide bonds. The van der Waals surface area contributed by atoms with Crippen LogP contribution in [-0.4, -0.2) is 23.7 Å². The summed E-state index contributed by atoms with van der Waals surface area (Å²) in [6.07, 6.45) is 5.50. The van der Waals surface area contributed by atoms with E-state index in [0.717, 1.165) is 24.8 Å². The fourth-order valence-corrected chi connectivity index (χ4v) is 2.58. The van der Waals surface area contributed by atoms with Crippen molar-refractivity contribution < 1.29 is 9.90 Å². The van der Waals surface area contributed by atoms with E-state index in [0.29, 0.717) is 18.9 Å². The Hall–Kier alpha value is -1.35. The summed E-state index contributed by atoms with van der Waals surface area (Å²) in [6, 6.07) is 8.36. The van der Waals surface area contributed by atoms with E-state index in [1.165, 1.54) is 18.4 Å². The van der Waals surface area contributed by atoms with Crippen LogP contribution in [0, 0.1) is 5.92 Å². The Morgan fingerprint density at radius 3 is 2.50 bits per heavy atom. The zero-order valence-electron chi connectivity index (χ0n) is 12.3. The van der Waals surface area contributed by atoms with Gasteiger partial charge in [-0.1, -0.05) is 37.6 Å². The topological polar surface area (TPSA) is 49.3 Å². The van der Waals surface area contributed by atoms with E-state index in [1.54, 1.807) is 0 Å². The average Bonchev–Trinajstić information content (AvgIpc) is 2.41. The fraction of sp³-hybridized carbons (Fsp3) is 0.588. The number of benzene rings is 1. The van der Waals surface area contributed by atoms with Crippen molar-refractivity contribution in [2.45, 2.75) is 51.6 Å². The van der Waals surface area contributed by atoms with Crippen LogP contribution in [0.2, 0.25) is 0 Å². The third kappa shape index (κ3) is 4.64. The van der Waals surface area contributed by atoms with E-state index < -0.39 is 0 Å². The van der Waals surface area contributed by atoms with Gasteiger partial charge in [-0.3, -0.25) is 4.79 Å². The Labute approximate surface area is 121 Å². The van der Waals surface area contributed by atoms with Gasteiger partial charge >= 0.3 is 0 Å². The first-order chi connectivity index (χ1) is 9.67. The summed E-state index contributed by atoms with van der Waals surface area (Å²) < 4.78 is 0. The summed E-state index contributed by atoms with van der Waals surface area (Å²) in [5.74, 6) is 0.540. The maximum Gasteiger partial charge on any atom is 0.224 e. The molecule has 3 nitrogen and oxygen atoms in total. The Morgan fingerprint density at radius 1 is 1.25 bits per heavy atom. The van der Waals surface area contributed by atoms with Gasteiger partial charge in [0.15, 0.2) is 0 Å². The van der Waals surface area contributed by atoms with Gasteiger partial charge in [0, 0.05) is 6.54 Å². The van der Waals surface area contributed by atoms with Crippen LogP contribution in [0.15, 0.2) is 24.3 Å². The lowest BCUT2D eigenvalue weighted by molar-refractivity contribution is -0.121. The average molecular weight is 275 g/mol. The van der Waals surface area contributed by atoms with E-state index >= 15 is 0 Å². The number of carbonyl (C=O) groups is 1. The number of unbranched alkanes of at least 4 members (excludes halogenated alkanes) is 1. The lowest BCUT2D eigenvalue weighted by Crippen LogP contribution is -2.38. The number of hydrogen-bond donors (Lipinski definition) is 2. The lowest BCUT2D eigenvalue weighted by Gasteiger charge is -2.31. The number of aliphatic hydroxyl groups is 1. The molecule has 0 aromatic heterocycles. The minimum absolute atomic E-state index is 0.0766. The van der Waals surface area contributed by atoms with Gasteiger partial charge in [0.2, 0.25) is 5.91 Å². The number of amides is 1. The molecular weight excluding hydrogens is 250 g/mol. The normalized spacial score (nSPS) is 21.3. The minimum Gasteiger partial charge on any atom is -0.393 e. The van der Waals surface area contributed by atoms with Crippen molar-refractivity contribution in [3.63, 3.8) is 0 Å². The molecule has 0 unspecified atom stereocenters. The highest BCUT2D eigenvalue weighted by molar-refractivity contribution is 5.78. The highest BCUT2D eigenvalue weighted by atomic mass is 16.3. The predicted octanol–water partition coefficient (Wildman–Crippen LogP) is 2.46. The van der Waals surface area contributed by atoms with Crippen LogP contribution in [0.4, 0.5) is 0 Å². The molecule has 1 aromatic carbocycles. The number of nitrogens with one attached hydrogen (secondary N) is 1. The van der Waals surface area contributed by atoms with Crippen LogP contribution in [-0.2, 0) is 17.6 Å². The van der Waals surface area contributed by atoms with Crippen molar-refractivity contribution in [1.29, 1.82) is 0 Å². The molecule has 0 aliphatic heterocycles. The standard InChI is InChI=1S/C17H25NO2/c1-2-3-4-13-5-7-14(8-6-13)11-17(20)18-12-15-9-16(19)10-15/h5-8,15-16,19H,2-4,9-12H2,1H3,(H,18,20). The molecule has 1 aliphatic rings. The van der Waals surface area contributed by atoms with Gasteiger partial charge in [-0.25, -0.2) is 0 Å². The number of hydrogen-bond acceptors (Lipinski definition) is 2. The molecule has 0 radical (unpaired) electrons. The molecule has 1 saturated carbocycles. The van der Waals surface area contributed by atoms with Crippen LogP contribution in [0.5, 0.6) is 0 Å².